The number of halogens is 1. The number of rotatable bonds is 2. The molecular formula is C10H14IN3O. The van der Waals surface area contributed by atoms with Gasteiger partial charge in [-0.05, 0) is 54.9 Å². The number of aryl methyl sites for hydroxylation is 1. The van der Waals surface area contributed by atoms with Crippen LogP contribution in [0, 0.1) is 16.4 Å². The predicted molar refractivity (Wildman–Crippen MR) is 66.9 cm³/mol. The van der Waals surface area contributed by atoms with Crippen LogP contribution in [0.4, 0.5) is 0 Å². The highest BCUT2D eigenvalue weighted by Crippen LogP contribution is 2.10. The zero-order valence-electron chi connectivity index (χ0n) is 8.66. The molecule has 82 valence electrons. The highest BCUT2D eigenvalue weighted by molar-refractivity contribution is 14.1. The van der Waals surface area contributed by atoms with Crippen molar-refractivity contribution in [3.63, 3.8) is 0 Å². The summed E-state index contributed by atoms with van der Waals surface area (Å²) >= 11 is 2.07. The standard InChI is InChI=1S/C10H14IN3O/c1-7-9(11)10(15)14(6-13-7)5-8-2-3-12-4-8/h6,8,12H,2-5H2,1H3. The largest absolute Gasteiger partial charge is 0.316 e. The summed E-state index contributed by atoms with van der Waals surface area (Å²) in [5.41, 5.74) is 0.913. The second kappa shape index (κ2) is 4.61. The normalized spacial score (nSPS) is 20.8. The maximum atomic E-state index is 11.9. The topological polar surface area (TPSA) is 46.9 Å². The van der Waals surface area contributed by atoms with Gasteiger partial charge < -0.3 is 5.32 Å². The summed E-state index contributed by atoms with van der Waals surface area (Å²) < 4.78 is 2.47. The van der Waals surface area contributed by atoms with Crippen LogP contribution in [0.15, 0.2) is 11.1 Å². The van der Waals surface area contributed by atoms with Gasteiger partial charge in [-0.15, -0.1) is 0 Å². The molecule has 1 N–H and O–H groups in total. The van der Waals surface area contributed by atoms with Gasteiger partial charge >= 0.3 is 0 Å². The third kappa shape index (κ3) is 2.39. The molecule has 5 heteroatoms. The van der Waals surface area contributed by atoms with E-state index in [2.05, 4.69) is 32.9 Å². The minimum absolute atomic E-state index is 0.0926. The number of hydrogen-bond donors (Lipinski definition) is 1. The first-order chi connectivity index (χ1) is 7.18. The molecule has 0 saturated carbocycles. The van der Waals surface area contributed by atoms with Crippen LogP contribution < -0.4 is 10.9 Å². The Balaban J connectivity index is 2.21. The van der Waals surface area contributed by atoms with Crippen molar-refractivity contribution in [3.8, 4) is 0 Å². The van der Waals surface area contributed by atoms with Crippen molar-refractivity contribution in [1.82, 2.24) is 14.9 Å². The number of aromatic nitrogens is 2. The molecule has 1 atom stereocenters. The molecule has 1 aromatic heterocycles. The van der Waals surface area contributed by atoms with Crippen LogP contribution in [0.3, 0.4) is 0 Å². The van der Waals surface area contributed by atoms with E-state index in [1.54, 1.807) is 10.9 Å². The Morgan fingerprint density at radius 2 is 2.53 bits per heavy atom. The summed E-state index contributed by atoms with van der Waals surface area (Å²) in [6, 6.07) is 0. The van der Waals surface area contributed by atoms with Gasteiger partial charge in [0, 0.05) is 6.54 Å². The fourth-order valence-corrected chi connectivity index (χ4v) is 2.27. The molecule has 1 unspecified atom stereocenters. The highest BCUT2D eigenvalue weighted by Gasteiger charge is 2.16. The summed E-state index contributed by atoms with van der Waals surface area (Å²) in [6.07, 6.45) is 2.81. The molecular weight excluding hydrogens is 305 g/mol. The molecule has 0 amide bonds. The lowest BCUT2D eigenvalue weighted by atomic mass is 10.1. The molecule has 0 spiro atoms. The zero-order valence-corrected chi connectivity index (χ0v) is 10.8. The Labute approximate surface area is 102 Å². The van der Waals surface area contributed by atoms with Gasteiger partial charge in [0.15, 0.2) is 0 Å². The van der Waals surface area contributed by atoms with E-state index < -0.39 is 0 Å². The first kappa shape index (κ1) is 11.1. The van der Waals surface area contributed by atoms with Crippen molar-refractivity contribution < 1.29 is 0 Å². The summed E-state index contributed by atoms with van der Waals surface area (Å²) in [6.45, 7) is 4.73. The minimum Gasteiger partial charge on any atom is -0.316 e. The van der Waals surface area contributed by atoms with Crippen molar-refractivity contribution in [3.05, 3.63) is 25.9 Å². The average Bonchev–Trinajstić information content (AvgIpc) is 2.72. The Kier molecular flexibility index (Phi) is 3.40. The summed E-state index contributed by atoms with van der Waals surface area (Å²) in [5.74, 6) is 0.572. The van der Waals surface area contributed by atoms with Crippen LogP contribution >= 0.6 is 22.6 Å². The summed E-state index contributed by atoms with van der Waals surface area (Å²) in [5, 5.41) is 3.30. The van der Waals surface area contributed by atoms with Crippen molar-refractivity contribution in [2.75, 3.05) is 13.1 Å². The fraction of sp³-hybridized carbons (Fsp3) is 0.600. The van der Waals surface area contributed by atoms with Crippen LogP contribution in [0.1, 0.15) is 12.1 Å². The molecule has 1 aliphatic heterocycles. The van der Waals surface area contributed by atoms with E-state index in [0.717, 1.165) is 35.3 Å². The number of nitrogens with zero attached hydrogens (tertiary/aromatic N) is 2. The lowest BCUT2D eigenvalue weighted by Gasteiger charge is -2.11. The van der Waals surface area contributed by atoms with Crippen molar-refractivity contribution in [2.45, 2.75) is 19.9 Å². The lowest BCUT2D eigenvalue weighted by Crippen LogP contribution is -2.27. The quantitative estimate of drug-likeness (QED) is 0.819. The van der Waals surface area contributed by atoms with E-state index in [1.807, 2.05) is 6.92 Å². The third-order valence-corrected chi connectivity index (χ3v) is 4.02. The second-order valence-corrected chi connectivity index (χ2v) is 5.04. The first-order valence-corrected chi connectivity index (χ1v) is 6.18. The molecule has 1 saturated heterocycles. The van der Waals surface area contributed by atoms with Crippen molar-refractivity contribution in [2.24, 2.45) is 5.92 Å². The van der Waals surface area contributed by atoms with Crippen LogP contribution in [-0.2, 0) is 6.54 Å². The van der Waals surface area contributed by atoms with Crippen molar-refractivity contribution >= 4 is 22.6 Å². The fourth-order valence-electron chi connectivity index (χ4n) is 1.82. The SMILES string of the molecule is Cc1ncn(CC2CCNC2)c(=O)c1I. The van der Waals surface area contributed by atoms with Gasteiger partial charge in [0.2, 0.25) is 0 Å². The first-order valence-electron chi connectivity index (χ1n) is 5.10. The van der Waals surface area contributed by atoms with Gasteiger partial charge in [-0.2, -0.15) is 0 Å². The van der Waals surface area contributed by atoms with Gasteiger partial charge in [0.05, 0.1) is 15.6 Å². The van der Waals surface area contributed by atoms with Gasteiger partial charge in [0.25, 0.3) is 5.56 Å². The Bertz CT molecular complexity index is 410. The molecule has 0 aliphatic carbocycles. The lowest BCUT2D eigenvalue weighted by molar-refractivity contribution is 0.465. The van der Waals surface area contributed by atoms with E-state index in [1.165, 1.54) is 0 Å². The van der Waals surface area contributed by atoms with Gasteiger partial charge in [-0.25, -0.2) is 4.98 Å². The van der Waals surface area contributed by atoms with E-state index >= 15 is 0 Å². The highest BCUT2D eigenvalue weighted by atomic mass is 127. The second-order valence-electron chi connectivity index (χ2n) is 3.96. The molecule has 1 fully saturated rings. The zero-order chi connectivity index (χ0) is 10.8. The Morgan fingerprint density at radius 1 is 1.73 bits per heavy atom. The van der Waals surface area contributed by atoms with Crippen LogP contribution in [0.5, 0.6) is 0 Å². The van der Waals surface area contributed by atoms with Crippen LogP contribution in [-0.4, -0.2) is 22.6 Å². The van der Waals surface area contributed by atoms with Gasteiger partial charge in [-0.3, -0.25) is 9.36 Å². The Hall–Kier alpha value is -0.430. The van der Waals surface area contributed by atoms with Crippen LogP contribution in [0.25, 0.3) is 0 Å². The predicted octanol–water partition coefficient (Wildman–Crippen LogP) is 0.766. The molecule has 4 nitrogen and oxygen atoms in total. The maximum absolute atomic E-state index is 11.9. The van der Waals surface area contributed by atoms with Crippen LogP contribution in [0.2, 0.25) is 0 Å². The summed E-state index contributed by atoms with van der Waals surface area (Å²) in [7, 11) is 0. The van der Waals surface area contributed by atoms with E-state index in [0.29, 0.717) is 5.92 Å². The molecule has 1 aliphatic rings. The Morgan fingerprint density at radius 3 is 3.20 bits per heavy atom. The molecule has 1 aromatic rings. The number of nitrogens with one attached hydrogen (secondary N) is 1. The molecule has 0 radical (unpaired) electrons. The molecule has 0 bridgehead atoms. The molecule has 2 rings (SSSR count). The third-order valence-electron chi connectivity index (χ3n) is 2.77. The number of hydrogen-bond acceptors (Lipinski definition) is 3. The van der Waals surface area contributed by atoms with Crippen molar-refractivity contribution in [1.29, 1.82) is 0 Å². The monoisotopic (exact) mass is 319 g/mol. The minimum atomic E-state index is 0.0926. The maximum Gasteiger partial charge on any atom is 0.267 e. The molecule has 15 heavy (non-hydrogen) atoms. The van der Waals surface area contributed by atoms with Gasteiger partial charge in [-0.1, -0.05) is 0 Å². The van der Waals surface area contributed by atoms with E-state index in [9.17, 15) is 4.79 Å². The summed E-state index contributed by atoms with van der Waals surface area (Å²) in [4.78, 5) is 16.1. The molecule has 0 aromatic carbocycles. The smallest absolute Gasteiger partial charge is 0.267 e. The van der Waals surface area contributed by atoms with Gasteiger partial charge in [0.1, 0.15) is 0 Å². The van der Waals surface area contributed by atoms with E-state index in [4.69, 9.17) is 0 Å². The van der Waals surface area contributed by atoms with E-state index in [-0.39, 0.29) is 5.56 Å². The molecule has 2 heterocycles. The average molecular weight is 319 g/mol.